The lowest BCUT2D eigenvalue weighted by molar-refractivity contribution is -0.00512. The molecule has 2 aliphatic rings. The van der Waals surface area contributed by atoms with Crippen LogP contribution in [0.1, 0.15) is 39.5 Å². The summed E-state index contributed by atoms with van der Waals surface area (Å²) < 4.78 is 0. The molecule has 0 amide bonds. The standard InChI is InChI=1S/C11H22N3/c1-8-6-10(8)7-11-5-4-9(2)14(11)13(3)12/h8-12H,4-7H2,1-3H3/q-1/t8?,9-,10?,11?/m1/s1. The van der Waals surface area contributed by atoms with Crippen LogP contribution in [0.15, 0.2) is 0 Å². The Hall–Kier alpha value is -0.120. The molecular weight excluding hydrogens is 174 g/mol. The average molecular weight is 196 g/mol. The summed E-state index contributed by atoms with van der Waals surface area (Å²) in [4.78, 5) is 0. The number of hydrogen-bond donors (Lipinski definition) is 0. The van der Waals surface area contributed by atoms with Gasteiger partial charge in [0.05, 0.1) is 0 Å². The van der Waals surface area contributed by atoms with Gasteiger partial charge in [-0.2, -0.15) is 0 Å². The van der Waals surface area contributed by atoms with Crippen molar-refractivity contribution in [2.24, 2.45) is 11.8 Å². The Balaban J connectivity index is 1.90. The zero-order valence-electron chi connectivity index (χ0n) is 9.53. The van der Waals surface area contributed by atoms with Gasteiger partial charge in [-0.25, -0.2) is 0 Å². The van der Waals surface area contributed by atoms with E-state index >= 15 is 0 Å². The number of hydrazine groups is 1. The number of hydrogen-bond acceptors (Lipinski definition) is 2. The summed E-state index contributed by atoms with van der Waals surface area (Å²) in [5.74, 6) is 9.61. The monoisotopic (exact) mass is 196 g/mol. The molecule has 1 N–H and O–H groups in total. The smallest absolute Gasteiger partial charge is 0.0236 e. The van der Waals surface area contributed by atoms with E-state index < -0.39 is 0 Å². The molecule has 0 bridgehead atoms. The molecule has 1 aliphatic carbocycles. The first-order chi connectivity index (χ1) is 6.59. The quantitative estimate of drug-likeness (QED) is 0.650. The van der Waals surface area contributed by atoms with Crippen LogP contribution in [0.4, 0.5) is 0 Å². The van der Waals surface area contributed by atoms with Gasteiger partial charge in [0.15, 0.2) is 0 Å². The predicted octanol–water partition coefficient (Wildman–Crippen LogP) is 2.70. The molecule has 0 aromatic carbocycles. The summed E-state index contributed by atoms with van der Waals surface area (Å²) in [7, 11) is 1.85. The molecular formula is C11H22N3-. The van der Waals surface area contributed by atoms with Crippen LogP contribution in [0, 0.1) is 11.8 Å². The summed E-state index contributed by atoms with van der Waals surface area (Å²) in [5, 5.41) is 3.81. The Morgan fingerprint density at radius 2 is 2.00 bits per heavy atom. The van der Waals surface area contributed by atoms with Crippen molar-refractivity contribution in [3.05, 3.63) is 5.84 Å². The fraction of sp³-hybridized carbons (Fsp3) is 1.00. The highest BCUT2D eigenvalue weighted by atomic mass is 15.8. The van der Waals surface area contributed by atoms with Crippen molar-refractivity contribution in [1.29, 1.82) is 0 Å². The van der Waals surface area contributed by atoms with Crippen LogP contribution in [0.5, 0.6) is 0 Å². The summed E-state index contributed by atoms with van der Waals surface area (Å²) >= 11 is 0. The minimum Gasteiger partial charge on any atom is -0.595 e. The molecule has 3 unspecified atom stereocenters. The Morgan fingerprint density at radius 1 is 1.36 bits per heavy atom. The first-order valence-electron chi connectivity index (χ1n) is 5.82. The maximum Gasteiger partial charge on any atom is 0.0236 e. The second-order valence-corrected chi connectivity index (χ2v) is 5.19. The molecule has 2 fully saturated rings. The van der Waals surface area contributed by atoms with Gasteiger partial charge < -0.3 is 11.0 Å². The zero-order valence-corrected chi connectivity index (χ0v) is 9.53. The summed E-state index contributed by atoms with van der Waals surface area (Å²) in [6.07, 6.45) is 5.28. The molecule has 3 nitrogen and oxygen atoms in total. The van der Waals surface area contributed by atoms with Gasteiger partial charge in [0.25, 0.3) is 0 Å². The number of nitrogens with one attached hydrogen (secondary N) is 1. The summed E-state index contributed by atoms with van der Waals surface area (Å²) in [6.45, 7) is 4.58. The van der Waals surface area contributed by atoms with Crippen LogP contribution >= 0.6 is 0 Å². The highest BCUT2D eigenvalue weighted by Gasteiger charge is 2.39. The van der Waals surface area contributed by atoms with E-state index in [1.54, 1.807) is 5.12 Å². The van der Waals surface area contributed by atoms with Gasteiger partial charge in [-0.1, -0.05) is 6.92 Å². The van der Waals surface area contributed by atoms with Crippen molar-refractivity contribution in [1.82, 2.24) is 10.1 Å². The SMILES string of the molecule is CC1CC1CC1CC[C@@H](C)N1N(C)[NH-]. The summed E-state index contributed by atoms with van der Waals surface area (Å²) in [5.41, 5.74) is 0. The fourth-order valence-electron chi connectivity index (χ4n) is 2.90. The molecule has 3 heteroatoms. The lowest BCUT2D eigenvalue weighted by atomic mass is 10.1. The van der Waals surface area contributed by atoms with Crippen LogP contribution in [-0.4, -0.2) is 29.3 Å². The molecule has 2 rings (SSSR count). The summed E-state index contributed by atoms with van der Waals surface area (Å²) in [6, 6.07) is 1.21. The highest BCUT2D eigenvalue weighted by molar-refractivity contribution is 4.91. The van der Waals surface area contributed by atoms with E-state index in [2.05, 4.69) is 18.9 Å². The molecule has 0 spiro atoms. The van der Waals surface area contributed by atoms with Crippen molar-refractivity contribution in [2.75, 3.05) is 7.05 Å². The van der Waals surface area contributed by atoms with Crippen molar-refractivity contribution < 1.29 is 0 Å². The molecule has 1 aliphatic heterocycles. The molecule has 14 heavy (non-hydrogen) atoms. The number of nitrogens with zero attached hydrogens (tertiary/aromatic N) is 2. The van der Waals surface area contributed by atoms with E-state index in [0.717, 1.165) is 11.8 Å². The molecule has 0 aromatic heterocycles. The minimum atomic E-state index is 0.566. The normalized spacial score (nSPS) is 43.5. The van der Waals surface area contributed by atoms with Crippen LogP contribution in [0.3, 0.4) is 0 Å². The van der Waals surface area contributed by atoms with E-state index in [-0.39, 0.29) is 0 Å². The molecule has 4 atom stereocenters. The van der Waals surface area contributed by atoms with Gasteiger partial charge in [-0.15, -0.1) is 0 Å². The van der Waals surface area contributed by atoms with Crippen LogP contribution in [0.2, 0.25) is 0 Å². The van der Waals surface area contributed by atoms with E-state index in [9.17, 15) is 0 Å². The maximum atomic E-state index is 7.71. The third-order valence-electron chi connectivity index (χ3n) is 3.94. The maximum absolute atomic E-state index is 7.71. The topological polar surface area (TPSA) is 30.3 Å². The average Bonchev–Trinajstić information content (AvgIpc) is 2.62. The van der Waals surface area contributed by atoms with Crippen LogP contribution in [-0.2, 0) is 0 Å². The second kappa shape index (κ2) is 3.80. The van der Waals surface area contributed by atoms with E-state index in [1.807, 2.05) is 7.05 Å². The highest BCUT2D eigenvalue weighted by Crippen LogP contribution is 2.44. The molecule has 0 aromatic rings. The van der Waals surface area contributed by atoms with Gasteiger partial charge >= 0.3 is 0 Å². The first kappa shape index (κ1) is 10.4. The lowest BCUT2D eigenvalue weighted by Crippen LogP contribution is -2.43. The zero-order chi connectivity index (χ0) is 10.3. The molecule has 0 radical (unpaired) electrons. The third kappa shape index (κ3) is 1.95. The Morgan fingerprint density at radius 3 is 2.50 bits per heavy atom. The van der Waals surface area contributed by atoms with Crippen molar-refractivity contribution in [3.63, 3.8) is 0 Å². The Labute approximate surface area is 87.2 Å². The molecule has 1 saturated heterocycles. The van der Waals surface area contributed by atoms with E-state index in [1.165, 1.54) is 25.7 Å². The second-order valence-electron chi connectivity index (χ2n) is 5.19. The Kier molecular flexibility index (Phi) is 2.82. The van der Waals surface area contributed by atoms with Gasteiger partial charge in [0.1, 0.15) is 0 Å². The first-order valence-corrected chi connectivity index (χ1v) is 5.82. The number of rotatable bonds is 3. The van der Waals surface area contributed by atoms with Crippen molar-refractivity contribution in [3.8, 4) is 0 Å². The van der Waals surface area contributed by atoms with E-state index in [4.69, 9.17) is 5.84 Å². The Bertz CT molecular complexity index is 205. The van der Waals surface area contributed by atoms with Crippen LogP contribution < -0.4 is 0 Å². The van der Waals surface area contributed by atoms with Crippen LogP contribution in [0.25, 0.3) is 5.84 Å². The predicted molar refractivity (Wildman–Crippen MR) is 58.3 cm³/mol. The van der Waals surface area contributed by atoms with Gasteiger partial charge in [0, 0.05) is 12.1 Å². The lowest BCUT2D eigenvalue weighted by Gasteiger charge is -2.40. The van der Waals surface area contributed by atoms with Gasteiger partial charge in [-0.05, 0) is 51.5 Å². The minimum absolute atomic E-state index is 0.566. The van der Waals surface area contributed by atoms with E-state index in [0.29, 0.717) is 12.1 Å². The molecule has 82 valence electrons. The molecule has 1 heterocycles. The molecule has 1 saturated carbocycles. The largest absolute Gasteiger partial charge is 0.595 e. The van der Waals surface area contributed by atoms with Crippen molar-refractivity contribution in [2.45, 2.75) is 51.6 Å². The van der Waals surface area contributed by atoms with Gasteiger partial charge in [0.2, 0.25) is 0 Å². The van der Waals surface area contributed by atoms with Crippen molar-refractivity contribution >= 4 is 0 Å². The third-order valence-corrected chi connectivity index (χ3v) is 3.94. The van der Waals surface area contributed by atoms with Gasteiger partial charge in [-0.3, -0.25) is 5.01 Å². The fourth-order valence-corrected chi connectivity index (χ4v) is 2.90.